The van der Waals surface area contributed by atoms with Crippen molar-refractivity contribution in [2.45, 2.75) is 20.3 Å². The Balaban J connectivity index is 1.70. The van der Waals surface area contributed by atoms with Gasteiger partial charge in [-0.1, -0.05) is 0 Å². The Morgan fingerprint density at radius 1 is 1.34 bits per heavy atom. The summed E-state index contributed by atoms with van der Waals surface area (Å²) in [6, 6.07) is 2.85. The number of aromatic amines is 1. The molecular weight excluding hydrogens is 413 g/mol. The van der Waals surface area contributed by atoms with E-state index in [1.54, 1.807) is 24.1 Å². The van der Waals surface area contributed by atoms with E-state index >= 15 is 0 Å². The van der Waals surface area contributed by atoms with Gasteiger partial charge in [0.15, 0.2) is 11.6 Å². The summed E-state index contributed by atoms with van der Waals surface area (Å²) in [5.74, 6) is -0.229. The molecular formula is C22H32FN7O2. The molecule has 174 valence electrons. The van der Waals surface area contributed by atoms with Crippen LogP contribution in [0.2, 0.25) is 0 Å². The quantitative estimate of drug-likeness (QED) is 0.429. The lowest BCUT2D eigenvalue weighted by atomic mass is 10.1. The molecule has 0 spiro atoms. The molecule has 0 unspecified atom stereocenters. The molecule has 1 aromatic heterocycles. The average molecular weight is 446 g/mol. The largest absolute Gasteiger partial charge is 0.490 e. The Labute approximate surface area is 188 Å². The van der Waals surface area contributed by atoms with E-state index in [9.17, 15) is 9.18 Å². The van der Waals surface area contributed by atoms with Crippen LogP contribution in [0.1, 0.15) is 24.6 Å². The zero-order chi connectivity index (χ0) is 23.1. The van der Waals surface area contributed by atoms with Crippen molar-refractivity contribution in [1.29, 1.82) is 0 Å². The molecule has 1 aliphatic heterocycles. The number of ether oxygens (including phenoxy) is 1. The number of amides is 2. The van der Waals surface area contributed by atoms with E-state index in [1.165, 1.54) is 6.07 Å². The predicted octanol–water partition coefficient (Wildman–Crippen LogP) is 2.77. The van der Waals surface area contributed by atoms with E-state index in [2.05, 4.69) is 30.7 Å². The summed E-state index contributed by atoms with van der Waals surface area (Å²) in [7, 11) is 3.98. The first-order valence-corrected chi connectivity index (χ1v) is 10.8. The highest BCUT2D eigenvalue weighted by atomic mass is 19.1. The van der Waals surface area contributed by atoms with Gasteiger partial charge in [-0.15, -0.1) is 0 Å². The maximum atomic E-state index is 14.6. The topological polar surface area (TPSA) is 97.9 Å². The van der Waals surface area contributed by atoms with Gasteiger partial charge in [0.1, 0.15) is 5.69 Å². The molecule has 0 aliphatic carbocycles. The molecule has 0 atom stereocenters. The number of rotatable bonds is 8. The smallest absolute Gasteiger partial charge is 0.322 e. The number of nitrogens with one attached hydrogen (secondary N) is 3. The van der Waals surface area contributed by atoms with Gasteiger partial charge in [-0.25, -0.2) is 9.18 Å². The van der Waals surface area contributed by atoms with Gasteiger partial charge >= 0.3 is 6.03 Å². The van der Waals surface area contributed by atoms with Crippen LogP contribution in [0.25, 0.3) is 0 Å². The number of aryl methyl sites for hydroxylation is 1. The molecule has 2 amide bonds. The van der Waals surface area contributed by atoms with Crippen molar-refractivity contribution in [2.75, 3.05) is 58.7 Å². The number of carbonyl (C=O) groups excluding carboxylic acids is 1. The number of aromatic nitrogens is 2. The summed E-state index contributed by atoms with van der Waals surface area (Å²) in [6.07, 6.45) is 2.36. The molecule has 2 aromatic rings. The molecule has 10 heteroatoms. The number of benzene rings is 1. The van der Waals surface area contributed by atoms with Gasteiger partial charge in [-0.05, 0) is 46.0 Å². The number of halogens is 1. The highest BCUT2D eigenvalue weighted by molar-refractivity contribution is 6.05. The van der Waals surface area contributed by atoms with Gasteiger partial charge in [-0.3, -0.25) is 10.1 Å². The van der Waals surface area contributed by atoms with Gasteiger partial charge in [0.25, 0.3) is 0 Å². The average Bonchev–Trinajstić information content (AvgIpc) is 3.23. The Hall–Kier alpha value is -2.98. The van der Waals surface area contributed by atoms with Crippen LogP contribution in [-0.2, 0) is 0 Å². The number of hydrogen-bond acceptors (Lipinski definition) is 6. The van der Waals surface area contributed by atoms with Crippen molar-refractivity contribution in [3.8, 4) is 5.75 Å². The molecule has 3 N–H and O–H groups in total. The Kier molecular flexibility index (Phi) is 8.18. The minimum atomic E-state index is -0.455. The number of urea groups is 1. The number of nitrogens with zero attached hydrogens (tertiary/aromatic N) is 4. The third-order valence-corrected chi connectivity index (χ3v) is 5.19. The zero-order valence-corrected chi connectivity index (χ0v) is 19.2. The van der Waals surface area contributed by atoms with Crippen molar-refractivity contribution < 1.29 is 13.9 Å². The molecule has 3 rings (SSSR count). The molecule has 1 fully saturated rings. The van der Waals surface area contributed by atoms with Crippen LogP contribution in [0, 0.1) is 12.7 Å². The number of H-pyrrole nitrogens is 1. The fraction of sp³-hybridized carbons (Fsp3) is 0.500. The fourth-order valence-corrected chi connectivity index (χ4v) is 3.39. The SMILES string of the molecule is CC(=Nc1cc(F)c(OCCCN(C)C)cc1C)c1[nH]ncc1NC(=O)N1CCNCC1. The van der Waals surface area contributed by atoms with Crippen molar-refractivity contribution in [2.24, 2.45) is 4.99 Å². The standard InChI is InChI=1S/C22H32FN7O2/c1-15-12-20(32-11-5-8-29(3)4)17(23)13-18(15)26-16(2)21-19(14-25-28-21)27-22(31)30-9-6-24-7-10-30/h12-14,24H,5-11H2,1-4H3,(H,25,28)(H,27,31). The van der Waals surface area contributed by atoms with Crippen molar-refractivity contribution >= 4 is 23.1 Å². The number of anilines is 1. The van der Waals surface area contributed by atoms with Crippen LogP contribution in [0.3, 0.4) is 0 Å². The maximum absolute atomic E-state index is 14.6. The lowest BCUT2D eigenvalue weighted by Gasteiger charge is -2.27. The van der Waals surface area contributed by atoms with Crippen LogP contribution < -0.4 is 15.4 Å². The normalized spacial score (nSPS) is 14.7. The van der Waals surface area contributed by atoms with Gasteiger partial charge in [-0.2, -0.15) is 5.10 Å². The molecule has 1 saturated heterocycles. The number of aliphatic imine (C=N–C) groups is 1. The number of piperazine rings is 1. The predicted molar refractivity (Wildman–Crippen MR) is 124 cm³/mol. The number of hydrogen-bond donors (Lipinski definition) is 3. The van der Waals surface area contributed by atoms with Crippen LogP contribution in [0.4, 0.5) is 20.6 Å². The summed E-state index contributed by atoms with van der Waals surface area (Å²) in [4.78, 5) is 20.9. The van der Waals surface area contributed by atoms with Crippen molar-refractivity contribution in [3.63, 3.8) is 0 Å². The summed E-state index contributed by atoms with van der Waals surface area (Å²) in [6.45, 7) is 7.80. The monoisotopic (exact) mass is 445 g/mol. The molecule has 0 bridgehead atoms. The van der Waals surface area contributed by atoms with E-state index < -0.39 is 5.82 Å². The first-order chi connectivity index (χ1) is 15.3. The van der Waals surface area contributed by atoms with E-state index in [4.69, 9.17) is 4.74 Å². The molecule has 0 radical (unpaired) electrons. The summed E-state index contributed by atoms with van der Waals surface area (Å²) in [5, 5.41) is 13.0. The zero-order valence-electron chi connectivity index (χ0n) is 19.2. The first kappa shape index (κ1) is 23.7. The van der Waals surface area contributed by atoms with Crippen LogP contribution >= 0.6 is 0 Å². The molecule has 0 saturated carbocycles. The van der Waals surface area contributed by atoms with Gasteiger partial charge in [0.2, 0.25) is 0 Å². The highest BCUT2D eigenvalue weighted by Crippen LogP contribution is 2.29. The van der Waals surface area contributed by atoms with Gasteiger partial charge < -0.3 is 25.2 Å². The van der Waals surface area contributed by atoms with Crippen molar-refractivity contribution in [1.82, 2.24) is 25.3 Å². The molecule has 1 aliphatic rings. The minimum Gasteiger partial charge on any atom is -0.490 e. The highest BCUT2D eigenvalue weighted by Gasteiger charge is 2.19. The van der Waals surface area contributed by atoms with Crippen LogP contribution in [0.5, 0.6) is 5.75 Å². The third kappa shape index (κ3) is 6.27. The number of carbonyl (C=O) groups is 1. The molecule has 32 heavy (non-hydrogen) atoms. The van der Waals surface area contributed by atoms with E-state index in [0.29, 0.717) is 42.5 Å². The molecule has 2 heterocycles. The maximum Gasteiger partial charge on any atom is 0.322 e. The summed E-state index contributed by atoms with van der Waals surface area (Å²) in [5.41, 5.74) is 2.99. The van der Waals surface area contributed by atoms with Gasteiger partial charge in [0.05, 0.1) is 29.9 Å². The Bertz CT molecular complexity index is 952. The Morgan fingerprint density at radius 2 is 2.09 bits per heavy atom. The van der Waals surface area contributed by atoms with Crippen LogP contribution in [-0.4, -0.2) is 85.2 Å². The molecule has 1 aromatic carbocycles. The Morgan fingerprint density at radius 3 is 2.81 bits per heavy atom. The van der Waals surface area contributed by atoms with E-state index in [-0.39, 0.29) is 11.8 Å². The summed E-state index contributed by atoms with van der Waals surface area (Å²) >= 11 is 0. The van der Waals surface area contributed by atoms with Crippen LogP contribution in [0.15, 0.2) is 23.3 Å². The lowest BCUT2D eigenvalue weighted by molar-refractivity contribution is 0.204. The second-order valence-corrected chi connectivity index (χ2v) is 8.10. The lowest BCUT2D eigenvalue weighted by Crippen LogP contribution is -2.48. The molecule has 9 nitrogen and oxygen atoms in total. The van der Waals surface area contributed by atoms with Crippen molar-refractivity contribution in [3.05, 3.63) is 35.4 Å². The van der Waals surface area contributed by atoms with E-state index in [1.807, 2.05) is 21.0 Å². The van der Waals surface area contributed by atoms with E-state index in [0.717, 1.165) is 31.6 Å². The fourth-order valence-electron chi connectivity index (χ4n) is 3.39. The summed E-state index contributed by atoms with van der Waals surface area (Å²) < 4.78 is 20.2. The first-order valence-electron chi connectivity index (χ1n) is 10.8. The second kappa shape index (κ2) is 11.1. The second-order valence-electron chi connectivity index (χ2n) is 8.10. The third-order valence-electron chi connectivity index (χ3n) is 5.19. The van der Waals surface area contributed by atoms with Gasteiger partial charge in [0, 0.05) is 38.8 Å². The minimum absolute atomic E-state index is 0.181.